The van der Waals surface area contributed by atoms with E-state index in [9.17, 15) is 13.6 Å². The van der Waals surface area contributed by atoms with Crippen LogP contribution in [-0.4, -0.2) is 20.4 Å². The smallest absolute Gasteiger partial charge is 0.254 e. The van der Waals surface area contributed by atoms with Gasteiger partial charge in [-0.15, -0.1) is 0 Å². The van der Waals surface area contributed by atoms with Gasteiger partial charge in [0.2, 0.25) is 5.95 Å². The average Bonchev–Trinajstić information content (AvgIpc) is 3.04. The summed E-state index contributed by atoms with van der Waals surface area (Å²) in [5, 5.41) is 6.30. The number of imidazole rings is 1. The molecule has 0 aliphatic carbocycles. The van der Waals surface area contributed by atoms with Gasteiger partial charge in [-0.3, -0.25) is 9.78 Å². The van der Waals surface area contributed by atoms with E-state index in [1.165, 1.54) is 30.5 Å². The first-order valence-electron chi connectivity index (χ1n) is 9.09. The number of nitrogens with one attached hydrogen (secondary N) is 2. The van der Waals surface area contributed by atoms with Gasteiger partial charge in [0, 0.05) is 19.3 Å². The maximum atomic E-state index is 14.7. The molecule has 0 bridgehead atoms. The van der Waals surface area contributed by atoms with Crippen LogP contribution in [0.25, 0.3) is 11.0 Å². The zero-order chi connectivity index (χ0) is 22.1. The minimum atomic E-state index is -0.739. The number of fused-ring (bicyclic) bond motifs is 1. The van der Waals surface area contributed by atoms with Gasteiger partial charge in [0.05, 0.1) is 44.6 Å². The van der Waals surface area contributed by atoms with Gasteiger partial charge in [0.1, 0.15) is 11.6 Å². The predicted molar refractivity (Wildman–Crippen MR) is 116 cm³/mol. The van der Waals surface area contributed by atoms with Crippen molar-refractivity contribution in [1.29, 1.82) is 0 Å². The zero-order valence-electron chi connectivity index (χ0n) is 16.1. The number of hydrogen-bond donors (Lipinski definition) is 2. The molecule has 0 aliphatic rings. The Labute approximate surface area is 185 Å². The first-order chi connectivity index (χ1) is 14.8. The number of aromatic nitrogens is 3. The summed E-state index contributed by atoms with van der Waals surface area (Å²) in [6.07, 6.45) is 1.41. The van der Waals surface area contributed by atoms with E-state index < -0.39 is 17.5 Å². The number of pyridine rings is 1. The Kier molecular flexibility index (Phi) is 5.75. The van der Waals surface area contributed by atoms with Gasteiger partial charge in [-0.2, -0.15) is 0 Å². The molecule has 2 heterocycles. The van der Waals surface area contributed by atoms with Gasteiger partial charge in [-0.1, -0.05) is 29.3 Å². The van der Waals surface area contributed by atoms with E-state index in [0.717, 1.165) is 0 Å². The second kappa shape index (κ2) is 8.49. The molecule has 6 nitrogen and oxygen atoms in total. The standard InChI is InChI=1S/C21H15Cl2F2N5O/c1-30-18-9-15(25)11(20(31)27-10-17-14(24)6-3-7-26-17)8-16(18)28-21(30)29-19-12(22)4-2-5-13(19)23/h2-9H,10H2,1H3,(H,27,31)(H,28,29). The van der Waals surface area contributed by atoms with E-state index in [2.05, 4.69) is 20.6 Å². The molecule has 31 heavy (non-hydrogen) atoms. The molecule has 0 unspecified atom stereocenters. The van der Waals surface area contributed by atoms with Gasteiger partial charge in [-0.25, -0.2) is 13.8 Å². The van der Waals surface area contributed by atoms with Crippen LogP contribution >= 0.6 is 23.2 Å². The molecule has 2 aromatic carbocycles. The van der Waals surface area contributed by atoms with Crippen LogP contribution in [0.5, 0.6) is 0 Å². The Hall–Kier alpha value is -3.23. The lowest BCUT2D eigenvalue weighted by Crippen LogP contribution is -2.25. The Bertz CT molecular complexity index is 1290. The van der Waals surface area contributed by atoms with E-state index >= 15 is 0 Å². The molecule has 0 saturated heterocycles. The zero-order valence-corrected chi connectivity index (χ0v) is 17.6. The van der Waals surface area contributed by atoms with Crippen LogP contribution in [0.3, 0.4) is 0 Å². The first kappa shape index (κ1) is 21.0. The van der Waals surface area contributed by atoms with E-state index in [-0.39, 0.29) is 17.8 Å². The number of benzene rings is 2. The molecule has 2 aromatic heterocycles. The third kappa shape index (κ3) is 4.17. The summed E-state index contributed by atoms with van der Waals surface area (Å²) in [6, 6.07) is 10.3. The predicted octanol–water partition coefficient (Wildman–Crippen LogP) is 5.23. The molecule has 4 aromatic rings. The number of hydrogen-bond acceptors (Lipinski definition) is 4. The number of rotatable bonds is 5. The highest BCUT2D eigenvalue weighted by atomic mass is 35.5. The van der Waals surface area contributed by atoms with Gasteiger partial charge in [-0.05, 0) is 30.3 Å². The van der Waals surface area contributed by atoms with Crippen LogP contribution in [0, 0.1) is 11.6 Å². The fourth-order valence-corrected chi connectivity index (χ4v) is 3.53. The van der Waals surface area contributed by atoms with Crippen molar-refractivity contribution in [3.8, 4) is 0 Å². The van der Waals surface area contributed by atoms with Crippen molar-refractivity contribution in [1.82, 2.24) is 19.9 Å². The van der Waals surface area contributed by atoms with Crippen molar-refractivity contribution in [3.63, 3.8) is 0 Å². The van der Waals surface area contributed by atoms with Gasteiger partial charge in [0.25, 0.3) is 5.91 Å². The number of aryl methyl sites for hydroxylation is 1. The fourth-order valence-electron chi connectivity index (χ4n) is 3.04. The minimum Gasteiger partial charge on any atom is -0.346 e. The Morgan fingerprint density at radius 3 is 2.55 bits per heavy atom. The number of halogens is 4. The van der Waals surface area contributed by atoms with E-state index in [0.29, 0.717) is 32.7 Å². The third-order valence-electron chi connectivity index (χ3n) is 4.66. The van der Waals surface area contributed by atoms with E-state index in [1.54, 1.807) is 29.8 Å². The van der Waals surface area contributed by atoms with Gasteiger partial charge in [0.15, 0.2) is 0 Å². The molecule has 0 fully saturated rings. The normalized spacial score (nSPS) is 11.0. The number of nitrogens with zero attached hydrogens (tertiary/aromatic N) is 3. The molecule has 0 saturated carbocycles. The second-order valence-corrected chi connectivity index (χ2v) is 7.47. The quantitative estimate of drug-likeness (QED) is 0.426. The lowest BCUT2D eigenvalue weighted by molar-refractivity contribution is 0.0946. The van der Waals surface area contributed by atoms with Crippen LogP contribution in [0.15, 0.2) is 48.7 Å². The summed E-state index contributed by atoms with van der Waals surface area (Å²) < 4.78 is 30.0. The molecular formula is C21H15Cl2F2N5O. The van der Waals surface area contributed by atoms with Crippen molar-refractivity contribution in [2.24, 2.45) is 7.05 Å². The van der Waals surface area contributed by atoms with Gasteiger partial charge >= 0.3 is 0 Å². The molecule has 0 atom stereocenters. The Balaban J connectivity index is 1.62. The Morgan fingerprint density at radius 1 is 1.10 bits per heavy atom. The van der Waals surface area contributed by atoms with Crippen LogP contribution in [0.1, 0.15) is 16.1 Å². The molecule has 0 aliphatic heterocycles. The summed E-state index contributed by atoms with van der Waals surface area (Å²) in [7, 11) is 1.69. The number of para-hydroxylation sites is 1. The highest BCUT2D eigenvalue weighted by Gasteiger charge is 2.18. The number of amides is 1. The molecule has 0 spiro atoms. The molecule has 0 radical (unpaired) electrons. The van der Waals surface area contributed by atoms with Crippen molar-refractivity contribution in [2.45, 2.75) is 6.54 Å². The summed E-state index contributed by atoms with van der Waals surface area (Å²) in [4.78, 5) is 20.8. The molecule has 1 amide bonds. The summed E-state index contributed by atoms with van der Waals surface area (Å²) in [5.74, 6) is -1.65. The topological polar surface area (TPSA) is 71.8 Å². The molecule has 10 heteroatoms. The van der Waals surface area contributed by atoms with E-state index in [1.807, 2.05) is 0 Å². The van der Waals surface area contributed by atoms with Crippen LogP contribution in [-0.2, 0) is 13.6 Å². The van der Waals surface area contributed by atoms with Crippen molar-refractivity contribution in [2.75, 3.05) is 5.32 Å². The monoisotopic (exact) mass is 461 g/mol. The van der Waals surface area contributed by atoms with Crippen molar-refractivity contribution < 1.29 is 13.6 Å². The van der Waals surface area contributed by atoms with Gasteiger partial charge < -0.3 is 15.2 Å². The average molecular weight is 462 g/mol. The number of carbonyl (C=O) groups excluding carboxylic acids is 1. The lowest BCUT2D eigenvalue weighted by atomic mass is 10.1. The molecule has 158 valence electrons. The van der Waals surface area contributed by atoms with Crippen molar-refractivity contribution in [3.05, 3.63) is 81.6 Å². The molecule has 2 N–H and O–H groups in total. The summed E-state index contributed by atoms with van der Waals surface area (Å²) in [6.45, 7) is -0.178. The van der Waals surface area contributed by atoms with E-state index in [4.69, 9.17) is 23.2 Å². The summed E-state index contributed by atoms with van der Waals surface area (Å²) in [5.41, 5.74) is 1.13. The summed E-state index contributed by atoms with van der Waals surface area (Å²) >= 11 is 12.4. The largest absolute Gasteiger partial charge is 0.346 e. The van der Waals surface area contributed by atoms with Crippen molar-refractivity contribution >= 4 is 51.8 Å². The highest BCUT2D eigenvalue weighted by Crippen LogP contribution is 2.33. The Morgan fingerprint density at radius 2 is 1.84 bits per heavy atom. The molecule has 4 rings (SSSR count). The minimum absolute atomic E-state index is 0.0540. The molecular weight excluding hydrogens is 447 g/mol. The maximum Gasteiger partial charge on any atom is 0.254 e. The van der Waals surface area contributed by atoms with Crippen LogP contribution < -0.4 is 10.6 Å². The van der Waals surface area contributed by atoms with Crippen LogP contribution in [0.4, 0.5) is 20.4 Å². The number of anilines is 2. The maximum absolute atomic E-state index is 14.7. The highest BCUT2D eigenvalue weighted by molar-refractivity contribution is 6.39. The second-order valence-electron chi connectivity index (χ2n) is 6.65. The third-order valence-corrected chi connectivity index (χ3v) is 5.29. The lowest BCUT2D eigenvalue weighted by Gasteiger charge is -2.09. The first-order valence-corrected chi connectivity index (χ1v) is 9.85. The van der Waals surface area contributed by atoms with Crippen LogP contribution in [0.2, 0.25) is 10.0 Å². The fraction of sp³-hybridized carbons (Fsp3) is 0.0952. The SMILES string of the molecule is Cn1c(Nc2c(Cl)cccc2Cl)nc2cc(C(=O)NCc3ncccc3F)c(F)cc21. The number of carbonyl (C=O) groups is 1.